The number of alkyl carbamates (subject to hydrolysis) is 1. The molecular weight excluding hydrogens is 368 g/mol. The number of rotatable bonds is 7. The summed E-state index contributed by atoms with van der Waals surface area (Å²) in [6.45, 7) is 0.810. The van der Waals surface area contributed by atoms with Crippen LogP contribution in [0.3, 0.4) is 0 Å². The highest BCUT2D eigenvalue weighted by atomic mass is 16.6. The molecule has 29 heavy (non-hydrogen) atoms. The summed E-state index contributed by atoms with van der Waals surface area (Å²) < 4.78 is 10.7. The van der Waals surface area contributed by atoms with E-state index in [1.165, 1.54) is 18.4 Å². The van der Waals surface area contributed by atoms with E-state index in [9.17, 15) is 9.90 Å². The number of benzene rings is 2. The Morgan fingerprint density at radius 3 is 2.45 bits per heavy atom. The van der Waals surface area contributed by atoms with Crippen molar-refractivity contribution in [2.45, 2.75) is 50.0 Å². The standard InChI is InChI=1S/C23H28N2O4/c1-28-19-10-4-15(5-11-19)12-20-22(21(26)14-24-20)29-23(27)25-13-16-2-6-17(7-3-16)18-8-9-18/h2-7,10-11,18,20-22,24,26H,8-9,12-14H2,1H3,(H,25,27)/t20-,21+,22+/m1/s1. The maximum absolute atomic E-state index is 12.3. The molecule has 4 rings (SSSR count). The molecule has 154 valence electrons. The van der Waals surface area contributed by atoms with E-state index in [1.54, 1.807) is 7.11 Å². The second-order valence-corrected chi connectivity index (χ2v) is 7.87. The first kappa shape index (κ1) is 19.7. The molecule has 0 bridgehead atoms. The van der Waals surface area contributed by atoms with Crippen LogP contribution in [-0.4, -0.2) is 43.1 Å². The van der Waals surface area contributed by atoms with E-state index >= 15 is 0 Å². The highest BCUT2D eigenvalue weighted by molar-refractivity contribution is 5.67. The fourth-order valence-electron chi connectivity index (χ4n) is 3.80. The Hall–Kier alpha value is -2.57. The van der Waals surface area contributed by atoms with E-state index in [0.29, 0.717) is 19.5 Å². The van der Waals surface area contributed by atoms with E-state index < -0.39 is 18.3 Å². The molecule has 2 fully saturated rings. The quantitative estimate of drug-likeness (QED) is 0.671. The lowest BCUT2D eigenvalue weighted by Crippen LogP contribution is -2.41. The minimum atomic E-state index is -0.721. The number of aliphatic hydroxyl groups excluding tert-OH is 1. The third kappa shape index (κ3) is 5.08. The number of nitrogens with one attached hydrogen (secondary N) is 2. The average Bonchev–Trinajstić information content (AvgIpc) is 3.54. The van der Waals surface area contributed by atoms with Crippen molar-refractivity contribution < 1.29 is 19.4 Å². The predicted octanol–water partition coefficient (Wildman–Crippen LogP) is 2.74. The molecule has 1 aliphatic heterocycles. The Morgan fingerprint density at radius 1 is 1.10 bits per heavy atom. The molecule has 2 aromatic rings. The molecule has 1 saturated heterocycles. The van der Waals surface area contributed by atoms with Crippen LogP contribution in [0.15, 0.2) is 48.5 Å². The summed E-state index contributed by atoms with van der Waals surface area (Å²) in [5.74, 6) is 1.52. The van der Waals surface area contributed by atoms with Gasteiger partial charge in [-0.25, -0.2) is 4.79 Å². The third-order valence-electron chi connectivity index (χ3n) is 5.69. The van der Waals surface area contributed by atoms with Crippen molar-refractivity contribution in [2.75, 3.05) is 13.7 Å². The van der Waals surface area contributed by atoms with Crippen molar-refractivity contribution in [3.63, 3.8) is 0 Å². The maximum Gasteiger partial charge on any atom is 0.407 e. The molecule has 3 atom stereocenters. The number of aliphatic hydroxyl groups is 1. The maximum atomic E-state index is 12.3. The number of amides is 1. The van der Waals surface area contributed by atoms with Crippen molar-refractivity contribution in [3.8, 4) is 5.75 Å². The summed E-state index contributed by atoms with van der Waals surface area (Å²) in [5, 5.41) is 16.3. The number of ether oxygens (including phenoxy) is 2. The number of β-amino-alcohol motifs (C(OH)–C–C–N with tert-alkyl or cyclic N) is 1. The van der Waals surface area contributed by atoms with Crippen LogP contribution >= 0.6 is 0 Å². The van der Waals surface area contributed by atoms with E-state index in [1.807, 2.05) is 36.4 Å². The van der Waals surface area contributed by atoms with Crippen LogP contribution < -0.4 is 15.4 Å². The summed E-state index contributed by atoms with van der Waals surface area (Å²) in [4.78, 5) is 12.3. The van der Waals surface area contributed by atoms with Crippen molar-refractivity contribution in [2.24, 2.45) is 0 Å². The van der Waals surface area contributed by atoms with Crippen molar-refractivity contribution >= 4 is 6.09 Å². The molecule has 2 aromatic carbocycles. The molecule has 2 aliphatic rings. The van der Waals surface area contributed by atoms with Gasteiger partial charge in [-0.2, -0.15) is 0 Å². The Labute approximate surface area is 171 Å². The van der Waals surface area contributed by atoms with E-state index in [0.717, 1.165) is 22.8 Å². The summed E-state index contributed by atoms with van der Waals surface area (Å²) in [7, 11) is 1.63. The number of carbonyl (C=O) groups excluding carboxylic acids is 1. The Bertz CT molecular complexity index is 818. The zero-order valence-electron chi connectivity index (χ0n) is 16.6. The largest absolute Gasteiger partial charge is 0.497 e. The fraction of sp³-hybridized carbons (Fsp3) is 0.435. The normalized spacial score (nSPS) is 23.6. The smallest absolute Gasteiger partial charge is 0.407 e. The summed E-state index contributed by atoms with van der Waals surface area (Å²) >= 11 is 0. The predicted molar refractivity (Wildman–Crippen MR) is 110 cm³/mol. The van der Waals surface area contributed by atoms with Gasteiger partial charge in [0.05, 0.1) is 13.2 Å². The van der Waals surface area contributed by atoms with Gasteiger partial charge < -0.3 is 25.2 Å². The molecule has 0 radical (unpaired) electrons. The van der Waals surface area contributed by atoms with Crippen LogP contribution in [0, 0.1) is 0 Å². The number of carbonyl (C=O) groups is 1. The number of methoxy groups -OCH3 is 1. The lowest BCUT2D eigenvalue weighted by atomic mass is 10.0. The zero-order valence-corrected chi connectivity index (χ0v) is 16.6. The lowest BCUT2D eigenvalue weighted by Gasteiger charge is -2.22. The number of hydrogen-bond acceptors (Lipinski definition) is 5. The molecular formula is C23H28N2O4. The molecule has 1 saturated carbocycles. The van der Waals surface area contributed by atoms with E-state index in [-0.39, 0.29) is 6.04 Å². The van der Waals surface area contributed by atoms with Gasteiger partial charge in [0.1, 0.15) is 18.0 Å². The Morgan fingerprint density at radius 2 is 1.79 bits per heavy atom. The highest BCUT2D eigenvalue weighted by Crippen LogP contribution is 2.39. The van der Waals surface area contributed by atoms with Gasteiger partial charge in [0.25, 0.3) is 0 Å². The van der Waals surface area contributed by atoms with Gasteiger partial charge in [0, 0.05) is 13.1 Å². The van der Waals surface area contributed by atoms with Gasteiger partial charge in [-0.3, -0.25) is 0 Å². The van der Waals surface area contributed by atoms with Gasteiger partial charge in [-0.1, -0.05) is 36.4 Å². The first-order chi connectivity index (χ1) is 14.1. The van der Waals surface area contributed by atoms with Crippen LogP contribution in [-0.2, 0) is 17.7 Å². The summed E-state index contributed by atoms with van der Waals surface area (Å²) in [6.07, 6.45) is 1.39. The summed E-state index contributed by atoms with van der Waals surface area (Å²) in [6, 6.07) is 16.0. The van der Waals surface area contributed by atoms with Gasteiger partial charge in [0.15, 0.2) is 0 Å². The Balaban J connectivity index is 1.29. The van der Waals surface area contributed by atoms with Gasteiger partial charge in [-0.05, 0) is 54.0 Å². The lowest BCUT2D eigenvalue weighted by molar-refractivity contribution is 0.0188. The minimum absolute atomic E-state index is 0.137. The van der Waals surface area contributed by atoms with Crippen LogP contribution in [0.4, 0.5) is 4.79 Å². The third-order valence-corrected chi connectivity index (χ3v) is 5.69. The topological polar surface area (TPSA) is 79.8 Å². The van der Waals surface area contributed by atoms with Crippen LogP contribution in [0.1, 0.15) is 35.4 Å². The van der Waals surface area contributed by atoms with E-state index in [2.05, 4.69) is 22.8 Å². The fourth-order valence-corrected chi connectivity index (χ4v) is 3.80. The summed E-state index contributed by atoms with van der Waals surface area (Å²) in [5.41, 5.74) is 3.49. The van der Waals surface area contributed by atoms with Crippen LogP contribution in [0.5, 0.6) is 5.75 Å². The van der Waals surface area contributed by atoms with Crippen molar-refractivity contribution in [3.05, 3.63) is 65.2 Å². The molecule has 1 amide bonds. The Kier molecular flexibility index (Phi) is 6.02. The van der Waals surface area contributed by atoms with Crippen LogP contribution in [0.2, 0.25) is 0 Å². The first-order valence-electron chi connectivity index (χ1n) is 10.2. The van der Waals surface area contributed by atoms with Gasteiger partial charge in [0.2, 0.25) is 0 Å². The van der Waals surface area contributed by atoms with Gasteiger partial charge in [-0.15, -0.1) is 0 Å². The molecule has 6 nitrogen and oxygen atoms in total. The molecule has 3 N–H and O–H groups in total. The molecule has 0 spiro atoms. The average molecular weight is 396 g/mol. The van der Waals surface area contributed by atoms with Crippen molar-refractivity contribution in [1.82, 2.24) is 10.6 Å². The molecule has 0 aromatic heterocycles. The minimum Gasteiger partial charge on any atom is -0.497 e. The highest BCUT2D eigenvalue weighted by Gasteiger charge is 2.37. The van der Waals surface area contributed by atoms with Gasteiger partial charge >= 0.3 is 6.09 Å². The van der Waals surface area contributed by atoms with Crippen molar-refractivity contribution in [1.29, 1.82) is 0 Å². The monoisotopic (exact) mass is 396 g/mol. The number of hydrogen-bond donors (Lipinski definition) is 3. The molecule has 0 unspecified atom stereocenters. The second-order valence-electron chi connectivity index (χ2n) is 7.87. The second kappa shape index (κ2) is 8.84. The first-order valence-corrected chi connectivity index (χ1v) is 10.2. The molecule has 1 heterocycles. The molecule has 1 aliphatic carbocycles. The zero-order chi connectivity index (χ0) is 20.2. The SMILES string of the molecule is COc1ccc(C[C@H]2NC[C@H](O)[C@H]2OC(=O)NCc2ccc(C3CC3)cc2)cc1. The van der Waals surface area contributed by atoms with Crippen LogP contribution in [0.25, 0.3) is 0 Å². The van der Waals surface area contributed by atoms with E-state index in [4.69, 9.17) is 9.47 Å². The molecule has 6 heteroatoms.